The summed E-state index contributed by atoms with van der Waals surface area (Å²) in [5, 5.41) is 3.22. The van der Waals surface area contributed by atoms with E-state index in [0.29, 0.717) is 11.6 Å². The number of likely N-dealkylation sites (N-methyl/N-ethyl adjacent to an activating group) is 1. The summed E-state index contributed by atoms with van der Waals surface area (Å²) in [5.74, 6) is 0.510. The summed E-state index contributed by atoms with van der Waals surface area (Å²) in [4.78, 5) is 25.3. The molecule has 0 bridgehead atoms. The van der Waals surface area contributed by atoms with Crippen molar-refractivity contribution in [2.75, 3.05) is 45.1 Å². The lowest BCUT2D eigenvalue weighted by atomic mass is 10.1. The molecule has 1 N–H and O–H groups in total. The van der Waals surface area contributed by atoms with Crippen molar-refractivity contribution in [2.24, 2.45) is 0 Å². The fourth-order valence-corrected chi connectivity index (χ4v) is 2.87. The number of nitrogens with zero attached hydrogens (tertiary/aromatic N) is 4. The van der Waals surface area contributed by atoms with Gasteiger partial charge in [-0.2, -0.15) is 0 Å². The summed E-state index contributed by atoms with van der Waals surface area (Å²) < 4.78 is 0. The first-order chi connectivity index (χ1) is 12.2. The van der Waals surface area contributed by atoms with Gasteiger partial charge in [0.05, 0.1) is 0 Å². The van der Waals surface area contributed by atoms with Gasteiger partial charge in [0.15, 0.2) is 0 Å². The zero-order valence-electron chi connectivity index (χ0n) is 14.7. The number of benzene rings is 1. The van der Waals surface area contributed by atoms with E-state index in [9.17, 15) is 4.79 Å². The first-order valence-corrected chi connectivity index (χ1v) is 8.81. The van der Waals surface area contributed by atoms with Crippen LogP contribution in [0.1, 0.15) is 22.5 Å². The van der Waals surface area contributed by atoms with E-state index in [0.717, 1.165) is 45.6 Å². The maximum Gasteiger partial charge on any atom is 0.272 e. The Morgan fingerprint density at radius 3 is 2.64 bits per heavy atom. The van der Waals surface area contributed by atoms with Crippen LogP contribution in [-0.4, -0.2) is 65.4 Å². The molecule has 0 saturated carbocycles. The van der Waals surface area contributed by atoms with E-state index in [1.807, 2.05) is 11.0 Å². The highest BCUT2D eigenvalue weighted by Crippen LogP contribution is 2.08. The van der Waals surface area contributed by atoms with Gasteiger partial charge in [-0.15, -0.1) is 0 Å². The summed E-state index contributed by atoms with van der Waals surface area (Å²) in [6.45, 7) is 4.09. The third-order valence-electron chi connectivity index (χ3n) is 4.43. The molecule has 2 heterocycles. The third kappa shape index (κ3) is 5.00. The highest BCUT2D eigenvalue weighted by molar-refractivity contribution is 5.92. The van der Waals surface area contributed by atoms with Gasteiger partial charge in [0, 0.05) is 38.9 Å². The minimum atomic E-state index is -0.0113. The molecule has 1 fully saturated rings. The SMILES string of the molecule is CN1CCN(C(=O)c2ccnc(NCCCc3ccccc3)n2)CC1. The summed E-state index contributed by atoms with van der Waals surface area (Å²) in [5.41, 5.74) is 1.79. The summed E-state index contributed by atoms with van der Waals surface area (Å²) in [7, 11) is 2.07. The molecule has 1 aliphatic heterocycles. The molecule has 0 unspecified atom stereocenters. The van der Waals surface area contributed by atoms with Crippen LogP contribution in [0.25, 0.3) is 0 Å². The molecule has 0 atom stereocenters. The molecule has 6 heteroatoms. The van der Waals surface area contributed by atoms with E-state index in [1.165, 1.54) is 5.56 Å². The molecular formula is C19H25N5O. The zero-order chi connectivity index (χ0) is 17.5. The fourth-order valence-electron chi connectivity index (χ4n) is 2.87. The van der Waals surface area contributed by atoms with Crippen LogP contribution in [0.5, 0.6) is 0 Å². The highest BCUT2D eigenvalue weighted by Gasteiger charge is 2.21. The minimum Gasteiger partial charge on any atom is -0.354 e. The maximum atomic E-state index is 12.6. The van der Waals surface area contributed by atoms with Gasteiger partial charge < -0.3 is 15.1 Å². The van der Waals surface area contributed by atoms with E-state index >= 15 is 0 Å². The van der Waals surface area contributed by atoms with Crippen molar-refractivity contribution < 1.29 is 4.79 Å². The van der Waals surface area contributed by atoms with Gasteiger partial charge in [0.25, 0.3) is 5.91 Å². The topological polar surface area (TPSA) is 61.4 Å². The molecule has 0 aliphatic carbocycles. The molecule has 1 amide bonds. The van der Waals surface area contributed by atoms with Gasteiger partial charge in [-0.25, -0.2) is 9.97 Å². The Labute approximate surface area is 148 Å². The maximum absolute atomic E-state index is 12.6. The lowest BCUT2D eigenvalue weighted by Crippen LogP contribution is -2.47. The number of carbonyl (C=O) groups is 1. The van der Waals surface area contributed by atoms with Gasteiger partial charge in [-0.3, -0.25) is 4.79 Å². The Hall–Kier alpha value is -2.47. The van der Waals surface area contributed by atoms with Crippen LogP contribution in [0.15, 0.2) is 42.6 Å². The summed E-state index contributed by atoms with van der Waals surface area (Å²) in [6, 6.07) is 12.1. The van der Waals surface area contributed by atoms with Crippen LogP contribution >= 0.6 is 0 Å². The van der Waals surface area contributed by atoms with Crippen LogP contribution in [0.4, 0.5) is 5.95 Å². The van der Waals surface area contributed by atoms with Crippen LogP contribution in [0.3, 0.4) is 0 Å². The van der Waals surface area contributed by atoms with E-state index in [4.69, 9.17) is 0 Å². The molecule has 1 saturated heterocycles. The Kier molecular flexibility index (Phi) is 5.95. The number of hydrogen-bond acceptors (Lipinski definition) is 5. The lowest BCUT2D eigenvalue weighted by molar-refractivity contribution is 0.0658. The number of anilines is 1. The van der Waals surface area contributed by atoms with Gasteiger partial charge in [0.2, 0.25) is 5.95 Å². The van der Waals surface area contributed by atoms with Gasteiger partial charge in [-0.05, 0) is 31.5 Å². The van der Waals surface area contributed by atoms with Crippen molar-refractivity contribution in [3.63, 3.8) is 0 Å². The smallest absolute Gasteiger partial charge is 0.272 e. The van der Waals surface area contributed by atoms with E-state index in [1.54, 1.807) is 12.3 Å². The molecule has 1 aromatic carbocycles. The van der Waals surface area contributed by atoms with E-state index < -0.39 is 0 Å². The van der Waals surface area contributed by atoms with Crippen molar-refractivity contribution in [3.05, 3.63) is 53.9 Å². The quantitative estimate of drug-likeness (QED) is 0.815. The first-order valence-electron chi connectivity index (χ1n) is 8.81. The minimum absolute atomic E-state index is 0.0113. The second-order valence-electron chi connectivity index (χ2n) is 6.38. The summed E-state index contributed by atoms with van der Waals surface area (Å²) >= 11 is 0. The Morgan fingerprint density at radius 1 is 1.12 bits per heavy atom. The number of carbonyl (C=O) groups excluding carboxylic acids is 1. The number of aryl methyl sites for hydroxylation is 1. The number of nitrogens with one attached hydrogen (secondary N) is 1. The monoisotopic (exact) mass is 339 g/mol. The molecule has 1 aromatic heterocycles. The van der Waals surface area contributed by atoms with Crippen molar-refractivity contribution >= 4 is 11.9 Å². The van der Waals surface area contributed by atoms with Crippen molar-refractivity contribution in [1.29, 1.82) is 0 Å². The number of aromatic nitrogens is 2. The molecule has 6 nitrogen and oxygen atoms in total. The second kappa shape index (κ2) is 8.58. The summed E-state index contributed by atoms with van der Waals surface area (Å²) in [6.07, 6.45) is 3.65. The standard InChI is InChI=1S/C19H25N5O/c1-23-12-14-24(15-13-23)18(25)17-9-11-21-19(22-17)20-10-5-8-16-6-3-2-4-7-16/h2-4,6-7,9,11H,5,8,10,12-15H2,1H3,(H,20,21,22). The predicted molar refractivity (Wildman–Crippen MR) is 98.7 cm³/mol. The van der Waals surface area contributed by atoms with Crippen LogP contribution in [-0.2, 0) is 6.42 Å². The van der Waals surface area contributed by atoms with Gasteiger partial charge >= 0.3 is 0 Å². The molecule has 2 aromatic rings. The highest BCUT2D eigenvalue weighted by atomic mass is 16.2. The van der Waals surface area contributed by atoms with Crippen molar-refractivity contribution in [1.82, 2.24) is 19.8 Å². The van der Waals surface area contributed by atoms with Gasteiger partial charge in [-0.1, -0.05) is 30.3 Å². The first kappa shape index (κ1) is 17.4. The van der Waals surface area contributed by atoms with Crippen molar-refractivity contribution in [3.8, 4) is 0 Å². The number of rotatable bonds is 6. The van der Waals surface area contributed by atoms with Gasteiger partial charge in [0.1, 0.15) is 5.69 Å². The van der Waals surface area contributed by atoms with Crippen LogP contribution in [0.2, 0.25) is 0 Å². The lowest BCUT2D eigenvalue weighted by Gasteiger charge is -2.32. The molecular weight excluding hydrogens is 314 g/mol. The van der Waals surface area contributed by atoms with Crippen molar-refractivity contribution in [2.45, 2.75) is 12.8 Å². The Balaban J connectivity index is 1.50. The Bertz CT molecular complexity index is 683. The largest absolute Gasteiger partial charge is 0.354 e. The molecule has 25 heavy (non-hydrogen) atoms. The number of hydrogen-bond donors (Lipinski definition) is 1. The average molecular weight is 339 g/mol. The molecule has 0 radical (unpaired) electrons. The second-order valence-corrected chi connectivity index (χ2v) is 6.38. The average Bonchev–Trinajstić information content (AvgIpc) is 2.66. The normalized spacial score (nSPS) is 15.2. The zero-order valence-corrected chi connectivity index (χ0v) is 14.7. The molecule has 132 valence electrons. The fraction of sp³-hybridized carbons (Fsp3) is 0.421. The predicted octanol–water partition coefficient (Wildman–Crippen LogP) is 1.91. The van der Waals surface area contributed by atoms with Crippen LogP contribution < -0.4 is 5.32 Å². The third-order valence-corrected chi connectivity index (χ3v) is 4.43. The van der Waals surface area contributed by atoms with E-state index in [-0.39, 0.29) is 5.91 Å². The number of piperazine rings is 1. The Morgan fingerprint density at radius 2 is 1.88 bits per heavy atom. The number of amides is 1. The van der Waals surface area contributed by atoms with E-state index in [2.05, 4.69) is 51.5 Å². The molecule has 3 rings (SSSR count). The van der Waals surface area contributed by atoms with Crippen LogP contribution in [0, 0.1) is 0 Å². The molecule has 1 aliphatic rings. The molecule has 0 spiro atoms.